The van der Waals surface area contributed by atoms with E-state index in [1.54, 1.807) is 0 Å². The molecule has 2 aliphatic heterocycles. The van der Waals surface area contributed by atoms with Gasteiger partial charge in [0.15, 0.2) is 0 Å². The lowest BCUT2D eigenvalue weighted by Crippen LogP contribution is -2.45. The molecule has 2 N–H and O–H groups in total. The van der Waals surface area contributed by atoms with Crippen LogP contribution in [0, 0.1) is 11.2 Å². The molecule has 4 aromatic rings. The lowest BCUT2D eigenvalue weighted by molar-refractivity contribution is 0.0949. The number of nitrogens with zero attached hydrogens (tertiary/aromatic N) is 5. The largest absolute Gasteiger partial charge is 0.381 e. The number of thiophene rings is 1. The molecule has 0 spiro atoms. The van der Waals surface area contributed by atoms with Crippen molar-refractivity contribution < 1.29 is 4.79 Å². The van der Waals surface area contributed by atoms with Crippen LogP contribution in [0.4, 0.5) is 11.6 Å². The molecule has 8 nitrogen and oxygen atoms in total. The van der Waals surface area contributed by atoms with Crippen LogP contribution in [0.15, 0.2) is 30.3 Å². The van der Waals surface area contributed by atoms with Crippen LogP contribution in [-0.4, -0.2) is 71.6 Å². The van der Waals surface area contributed by atoms with Crippen molar-refractivity contribution in [3.8, 4) is 22.6 Å². The first-order valence-electron chi connectivity index (χ1n) is 14.0. The number of piperazine rings is 1. The molecule has 0 saturated carbocycles. The summed E-state index contributed by atoms with van der Waals surface area (Å²) >= 11 is 3.68. The Kier molecular flexibility index (Phi) is 11.1. The van der Waals surface area contributed by atoms with Crippen molar-refractivity contribution in [2.75, 3.05) is 50.0 Å². The number of likely N-dealkylation sites (N-methyl/N-ethyl adjacent to an activating group) is 1. The van der Waals surface area contributed by atoms with E-state index in [0.717, 1.165) is 69.1 Å². The number of anilines is 2. The van der Waals surface area contributed by atoms with Crippen LogP contribution < -0.4 is 15.5 Å². The van der Waals surface area contributed by atoms with Crippen molar-refractivity contribution in [1.82, 2.24) is 25.2 Å². The monoisotopic (exact) mass is 701 g/mol. The number of pyridine rings is 1. The number of rotatable bonds is 2. The van der Waals surface area contributed by atoms with Gasteiger partial charge in [0, 0.05) is 81.5 Å². The van der Waals surface area contributed by atoms with Gasteiger partial charge in [-0.25, -0.2) is 15.0 Å². The highest BCUT2D eigenvalue weighted by molar-refractivity contribution is 14.2. The van der Waals surface area contributed by atoms with E-state index in [4.69, 9.17) is 15.0 Å². The molecule has 0 bridgehead atoms. The number of carbonyl (C=O) groups is 1. The summed E-state index contributed by atoms with van der Waals surface area (Å²) in [5, 5.41) is 11.7. The third-order valence-electron chi connectivity index (χ3n) is 6.67. The third-order valence-corrected chi connectivity index (χ3v) is 8.67. The molecule has 0 radical (unpaired) electrons. The first kappa shape index (κ1) is 31.3. The normalized spacial score (nSPS) is 16.6. The van der Waals surface area contributed by atoms with E-state index in [1.165, 1.54) is 20.3 Å². The van der Waals surface area contributed by atoms with Crippen molar-refractivity contribution in [2.24, 2.45) is 0 Å². The standard InChI is InChI=1S/C26H24IN7OS2.2C2H6/c1-15-14-28-23-22-17-3-4-19(31-18(17)5-6-21(22)37-24(23)25(35)29-15)20-13-16(7-12-36-27)30-26(32-20)34-10-8-33(2)9-11-34;2*1-2/h3-6,13,15,28H,8-11,14H2,1-2H3,(H,29,35);2*1-2H3/t15-;;/m1../s1. The van der Waals surface area contributed by atoms with Gasteiger partial charge in [0.1, 0.15) is 10.6 Å². The molecule has 1 atom stereocenters. The summed E-state index contributed by atoms with van der Waals surface area (Å²) in [5.41, 5.74) is 3.98. The minimum absolute atomic E-state index is 0.0258. The fourth-order valence-corrected chi connectivity index (χ4v) is 6.29. The maximum Gasteiger partial charge on any atom is 0.263 e. The minimum atomic E-state index is -0.0258. The molecule has 1 aromatic carbocycles. The van der Waals surface area contributed by atoms with E-state index in [1.807, 2.05) is 52.8 Å². The number of aromatic nitrogens is 3. The van der Waals surface area contributed by atoms with Crippen molar-refractivity contribution in [1.29, 1.82) is 0 Å². The Balaban J connectivity index is 0.000000929. The minimum Gasteiger partial charge on any atom is -0.381 e. The molecule has 216 valence electrons. The maximum absolute atomic E-state index is 12.8. The van der Waals surface area contributed by atoms with Gasteiger partial charge in [-0.1, -0.05) is 27.7 Å². The summed E-state index contributed by atoms with van der Waals surface area (Å²) in [6, 6.07) is 10.1. The summed E-state index contributed by atoms with van der Waals surface area (Å²) < 4.78 is 1.07. The van der Waals surface area contributed by atoms with E-state index < -0.39 is 0 Å². The molecule has 1 fully saturated rings. The Labute approximate surface area is 262 Å². The highest BCUT2D eigenvalue weighted by Gasteiger charge is 2.25. The molecule has 11 heteroatoms. The van der Waals surface area contributed by atoms with Crippen LogP contribution in [0.5, 0.6) is 0 Å². The highest BCUT2D eigenvalue weighted by atomic mass is 127. The summed E-state index contributed by atoms with van der Waals surface area (Å²) in [5.74, 6) is 3.81. The lowest BCUT2D eigenvalue weighted by atomic mass is 10.1. The third kappa shape index (κ3) is 6.88. The average Bonchev–Trinajstić information content (AvgIpc) is 3.33. The number of carbonyl (C=O) groups excluding carboxylic acids is 1. The van der Waals surface area contributed by atoms with E-state index >= 15 is 0 Å². The van der Waals surface area contributed by atoms with Gasteiger partial charge in [-0.15, -0.1) is 11.3 Å². The maximum atomic E-state index is 12.8. The second kappa shape index (κ2) is 14.5. The van der Waals surface area contributed by atoms with Gasteiger partial charge < -0.3 is 20.4 Å². The predicted octanol–water partition coefficient (Wildman–Crippen LogP) is 6.65. The summed E-state index contributed by atoms with van der Waals surface area (Å²) in [6.07, 6.45) is 0. The number of hydrogen-bond donors (Lipinski definition) is 2. The van der Waals surface area contributed by atoms with E-state index in [-0.39, 0.29) is 11.9 Å². The van der Waals surface area contributed by atoms with Crippen molar-refractivity contribution in [3.05, 3.63) is 40.9 Å². The molecule has 1 amide bonds. The number of amides is 1. The molecule has 41 heavy (non-hydrogen) atoms. The molecule has 2 aliphatic rings. The number of hydrogen-bond acceptors (Lipinski definition) is 9. The zero-order chi connectivity index (χ0) is 29.5. The van der Waals surface area contributed by atoms with Gasteiger partial charge in [0.05, 0.1) is 22.6 Å². The fraction of sp³-hybridized carbons (Fsp3) is 0.400. The highest BCUT2D eigenvalue weighted by Crippen LogP contribution is 2.41. The summed E-state index contributed by atoms with van der Waals surface area (Å²) in [7, 11) is 3.57. The zero-order valence-corrected chi connectivity index (χ0v) is 28.1. The molecule has 1 saturated heterocycles. The summed E-state index contributed by atoms with van der Waals surface area (Å²) in [4.78, 5) is 32.7. The molecule has 0 aliphatic carbocycles. The van der Waals surface area contributed by atoms with E-state index in [2.05, 4.69) is 72.0 Å². The van der Waals surface area contributed by atoms with E-state index in [0.29, 0.717) is 18.2 Å². The van der Waals surface area contributed by atoms with Crippen molar-refractivity contribution in [2.45, 2.75) is 40.7 Å². The molecular weight excluding hydrogens is 665 g/mol. The number of benzene rings is 1. The SMILES string of the molecule is CC.CC.C[C@@H]1CNc2c(sc3ccc4nc(-c5cc(C#CSI)nc(N6CCN(C)CC6)n5)ccc4c23)C(=O)N1. The summed E-state index contributed by atoms with van der Waals surface area (Å²) in [6.45, 7) is 14.4. The van der Waals surface area contributed by atoms with Crippen LogP contribution in [0.2, 0.25) is 0 Å². The number of fused-ring (bicyclic) bond motifs is 5. The molecule has 0 unspecified atom stereocenters. The molecular formula is C30H36IN7OS2. The smallest absolute Gasteiger partial charge is 0.263 e. The van der Waals surface area contributed by atoms with Crippen molar-refractivity contribution in [3.63, 3.8) is 0 Å². The topological polar surface area (TPSA) is 86.3 Å². The Hall–Kier alpha value is -2.66. The van der Waals surface area contributed by atoms with Gasteiger partial charge in [-0.3, -0.25) is 4.79 Å². The Morgan fingerprint density at radius 1 is 1.02 bits per heavy atom. The predicted molar refractivity (Wildman–Crippen MR) is 184 cm³/mol. The molecule has 5 heterocycles. The van der Waals surface area contributed by atoms with E-state index in [9.17, 15) is 4.79 Å². The number of nitrogens with one attached hydrogen (secondary N) is 2. The second-order valence-corrected chi connectivity index (χ2v) is 12.0. The second-order valence-electron chi connectivity index (χ2n) is 9.30. The van der Waals surface area contributed by atoms with Gasteiger partial charge in [-0.2, -0.15) is 0 Å². The van der Waals surface area contributed by atoms with Crippen LogP contribution >= 0.6 is 41.5 Å². The zero-order valence-electron chi connectivity index (χ0n) is 24.3. The molecule has 3 aromatic heterocycles. The van der Waals surface area contributed by atoms with Crippen molar-refractivity contribution >= 4 is 80.0 Å². The van der Waals surface area contributed by atoms with Gasteiger partial charge in [0.25, 0.3) is 5.91 Å². The van der Waals surface area contributed by atoms with Crippen LogP contribution in [-0.2, 0) is 0 Å². The number of halogens is 1. The lowest BCUT2D eigenvalue weighted by Gasteiger charge is -2.32. The Morgan fingerprint density at radius 2 is 1.78 bits per heavy atom. The van der Waals surface area contributed by atoms with Gasteiger partial charge in [-0.05, 0) is 58.3 Å². The average molecular weight is 702 g/mol. The first-order valence-corrected chi connectivity index (χ1v) is 18.2. The first-order chi connectivity index (χ1) is 20.0. The van der Waals surface area contributed by atoms with Crippen LogP contribution in [0.3, 0.4) is 0 Å². The quantitative estimate of drug-likeness (QED) is 0.178. The molecule has 6 rings (SSSR count). The van der Waals surface area contributed by atoms with Crippen LogP contribution in [0.25, 0.3) is 32.4 Å². The Bertz CT molecular complexity index is 1590. The van der Waals surface area contributed by atoms with Crippen LogP contribution in [0.1, 0.15) is 50.0 Å². The Morgan fingerprint density at radius 3 is 2.51 bits per heavy atom. The fourth-order valence-electron chi connectivity index (χ4n) is 4.72. The van der Waals surface area contributed by atoms with Gasteiger partial charge >= 0.3 is 0 Å². The van der Waals surface area contributed by atoms with Gasteiger partial charge in [0.2, 0.25) is 5.95 Å².